The topological polar surface area (TPSA) is 79.9 Å². The van der Waals surface area contributed by atoms with Crippen molar-refractivity contribution < 1.29 is 19.1 Å². The number of amides is 2. The standard InChI is InChI=1S/C20H30ClN3O4/c1-20(2,3)28-19(26)22-12-16-11-17(27-4)8-9-24(16)13-18(25)23-15-7-5-6-14(21)10-15/h5-7,10,16-17H,8-9,11-13H2,1-4H3,(H,22,26)(H,23,25)/t16-,17-/m1/s1. The van der Waals surface area contributed by atoms with E-state index in [1.807, 2.05) is 20.8 Å². The van der Waals surface area contributed by atoms with Crippen LogP contribution in [0.2, 0.25) is 5.02 Å². The van der Waals surface area contributed by atoms with Crippen molar-refractivity contribution in [3.63, 3.8) is 0 Å². The predicted molar refractivity (Wildman–Crippen MR) is 110 cm³/mol. The number of hydrogen-bond donors (Lipinski definition) is 2. The lowest BCUT2D eigenvalue weighted by Crippen LogP contribution is -2.52. The molecule has 1 heterocycles. The van der Waals surface area contributed by atoms with Crippen LogP contribution < -0.4 is 10.6 Å². The molecule has 1 aliphatic rings. The van der Waals surface area contributed by atoms with Gasteiger partial charge in [0.05, 0.1) is 12.6 Å². The Bertz CT molecular complexity index is 678. The van der Waals surface area contributed by atoms with Gasteiger partial charge in [0.25, 0.3) is 0 Å². The SMILES string of the molecule is CO[C@@H]1CCN(CC(=O)Nc2cccc(Cl)c2)[C@@H](CNC(=O)OC(C)(C)C)C1. The third kappa shape index (κ3) is 7.66. The van der Waals surface area contributed by atoms with Crippen LogP contribution in [0, 0.1) is 0 Å². The van der Waals surface area contributed by atoms with Gasteiger partial charge in [0.2, 0.25) is 5.91 Å². The van der Waals surface area contributed by atoms with Crippen molar-refractivity contribution >= 4 is 29.3 Å². The number of carbonyl (C=O) groups excluding carboxylic acids is 2. The molecule has 0 spiro atoms. The zero-order chi connectivity index (χ0) is 20.7. The van der Waals surface area contributed by atoms with Crippen molar-refractivity contribution in [3.8, 4) is 0 Å². The normalized spacial score (nSPS) is 20.5. The molecule has 2 atom stereocenters. The molecule has 7 nitrogen and oxygen atoms in total. The van der Waals surface area contributed by atoms with Crippen molar-refractivity contribution in [2.75, 3.05) is 32.1 Å². The molecule has 0 radical (unpaired) electrons. The van der Waals surface area contributed by atoms with E-state index in [1.165, 1.54) is 0 Å². The lowest BCUT2D eigenvalue weighted by molar-refractivity contribution is -0.118. The molecule has 2 rings (SSSR count). The molecule has 0 saturated carbocycles. The maximum atomic E-state index is 12.5. The van der Waals surface area contributed by atoms with Crippen molar-refractivity contribution in [1.29, 1.82) is 0 Å². The van der Waals surface area contributed by atoms with E-state index in [-0.39, 0.29) is 24.6 Å². The average Bonchev–Trinajstić information content (AvgIpc) is 2.59. The molecule has 2 N–H and O–H groups in total. The largest absolute Gasteiger partial charge is 0.444 e. The molecule has 1 aromatic carbocycles. The molecule has 8 heteroatoms. The van der Waals surface area contributed by atoms with Crippen LogP contribution in [-0.2, 0) is 14.3 Å². The van der Waals surface area contributed by atoms with E-state index < -0.39 is 11.7 Å². The number of anilines is 1. The Morgan fingerprint density at radius 2 is 2.07 bits per heavy atom. The number of alkyl carbamates (subject to hydrolysis) is 1. The van der Waals surface area contributed by atoms with Crippen LogP contribution in [0.15, 0.2) is 24.3 Å². The fourth-order valence-corrected chi connectivity index (χ4v) is 3.35. The van der Waals surface area contributed by atoms with Gasteiger partial charge in [-0.1, -0.05) is 17.7 Å². The van der Waals surface area contributed by atoms with E-state index in [2.05, 4.69) is 15.5 Å². The number of ether oxygens (including phenoxy) is 2. The third-order valence-electron chi connectivity index (χ3n) is 4.46. The van der Waals surface area contributed by atoms with Gasteiger partial charge in [0, 0.05) is 37.0 Å². The van der Waals surface area contributed by atoms with Crippen molar-refractivity contribution in [3.05, 3.63) is 29.3 Å². The summed E-state index contributed by atoms with van der Waals surface area (Å²) in [6.07, 6.45) is 1.22. The fourth-order valence-electron chi connectivity index (χ4n) is 3.16. The first-order valence-electron chi connectivity index (χ1n) is 9.45. The summed E-state index contributed by atoms with van der Waals surface area (Å²) in [5.41, 5.74) is 0.107. The van der Waals surface area contributed by atoms with E-state index in [0.717, 1.165) is 12.8 Å². The number of benzene rings is 1. The molecular formula is C20H30ClN3O4. The number of nitrogens with one attached hydrogen (secondary N) is 2. The third-order valence-corrected chi connectivity index (χ3v) is 4.69. The Hall–Kier alpha value is -1.83. The van der Waals surface area contributed by atoms with E-state index >= 15 is 0 Å². The molecule has 1 aliphatic heterocycles. The van der Waals surface area contributed by atoms with Gasteiger partial charge in [-0.2, -0.15) is 0 Å². The zero-order valence-electron chi connectivity index (χ0n) is 17.0. The summed E-state index contributed by atoms with van der Waals surface area (Å²) in [5.74, 6) is -0.125. The molecule has 0 aromatic heterocycles. The number of carbonyl (C=O) groups is 2. The summed E-state index contributed by atoms with van der Waals surface area (Å²) >= 11 is 5.96. The quantitative estimate of drug-likeness (QED) is 0.750. The zero-order valence-corrected chi connectivity index (χ0v) is 17.7. The summed E-state index contributed by atoms with van der Waals surface area (Å²) in [6.45, 7) is 6.78. The van der Waals surface area contributed by atoms with Gasteiger partial charge < -0.3 is 20.1 Å². The first-order valence-corrected chi connectivity index (χ1v) is 9.83. The van der Waals surface area contributed by atoms with E-state index in [4.69, 9.17) is 21.1 Å². The number of rotatable bonds is 6. The first-order chi connectivity index (χ1) is 13.2. The molecule has 0 aliphatic carbocycles. The highest BCUT2D eigenvalue weighted by atomic mass is 35.5. The van der Waals surface area contributed by atoms with Gasteiger partial charge in [-0.25, -0.2) is 4.79 Å². The maximum absolute atomic E-state index is 12.5. The minimum atomic E-state index is -0.553. The fraction of sp³-hybridized carbons (Fsp3) is 0.600. The smallest absolute Gasteiger partial charge is 0.407 e. The Balaban J connectivity index is 1.93. The van der Waals surface area contributed by atoms with Gasteiger partial charge >= 0.3 is 6.09 Å². The van der Waals surface area contributed by atoms with Gasteiger partial charge in [-0.15, -0.1) is 0 Å². The highest BCUT2D eigenvalue weighted by Gasteiger charge is 2.30. The average molecular weight is 412 g/mol. The molecular weight excluding hydrogens is 382 g/mol. The van der Waals surface area contributed by atoms with Crippen LogP contribution in [-0.4, -0.2) is 61.4 Å². The number of likely N-dealkylation sites (tertiary alicyclic amines) is 1. The summed E-state index contributed by atoms with van der Waals surface area (Å²) in [7, 11) is 1.69. The first kappa shape index (κ1) is 22.5. The minimum Gasteiger partial charge on any atom is -0.444 e. The van der Waals surface area contributed by atoms with Gasteiger partial charge in [0.1, 0.15) is 5.60 Å². The Morgan fingerprint density at radius 1 is 1.32 bits per heavy atom. The molecule has 28 heavy (non-hydrogen) atoms. The highest BCUT2D eigenvalue weighted by molar-refractivity contribution is 6.30. The van der Waals surface area contributed by atoms with Crippen LogP contribution in [0.4, 0.5) is 10.5 Å². The predicted octanol–water partition coefficient (Wildman–Crippen LogP) is 3.28. The van der Waals surface area contributed by atoms with Crippen LogP contribution in [0.25, 0.3) is 0 Å². The number of hydrogen-bond acceptors (Lipinski definition) is 5. The van der Waals surface area contributed by atoms with Crippen molar-refractivity contribution in [2.45, 2.75) is 51.4 Å². The Kier molecular flexibility index (Phi) is 8.10. The second-order valence-corrected chi connectivity index (χ2v) is 8.38. The van der Waals surface area contributed by atoms with Crippen LogP contribution in [0.5, 0.6) is 0 Å². The van der Waals surface area contributed by atoms with Crippen molar-refractivity contribution in [1.82, 2.24) is 10.2 Å². The van der Waals surface area contributed by atoms with Crippen LogP contribution in [0.1, 0.15) is 33.6 Å². The lowest BCUT2D eigenvalue weighted by atomic mass is 9.99. The minimum absolute atomic E-state index is 0.0173. The molecule has 2 amide bonds. The summed E-state index contributed by atoms with van der Waals surface area (Å²) in [5, 5.41) is 6.24. The van der Waals surface area contributed by atoms with Crippen LogP contribution >= 0.6 is 11.6 Å². The summed E-state index contributed by atoms with van der Waals surface area (Å²) in [6, 6.07) is 7.03. The summed E-state index contributed by atoms with van der Waals surface area (Å²) < 4.78 is 10.8. The lowest BCUT2D eigenvalue weighted by Gasteiger charge is -2.38. The second kappa shape index (κ2) is 10.1. The van der Waals surface area contributed by atoms with Crippen molar-refractivity contribution in [2.24, 2.45) is 0 Å². The van der Waals surface area contributed by atoms with Gasteiger partial charge in [0.15, 0.2) is 0 Å². The summed E-state index contributed by atoms with van der Waals surface area (Å²) in [4.78, 5) is 26.5. The number of methoxy groups -OCH3 is 1. The second-order valence-electron chi connectivity index (χ2n) is 7.95. The Morgan fingerprint density at radius 3 is 2.71 bits per heavy atom. The highest BCUT2D eigenvalue weighted by Crippen LogP contribution is 2.20. The molecule has 1 fully saturated rings. The number of halogens is 1. The molecule has 156 valence electrons. The van der Waals surface area contributed by atoms with E-state index in [9.17, 15) is 9.59 Å². The Labute approximate surface area is 171 Å². The monoisotopic (exact) mass is 411 g/mol. The number of nitrogens with zero attached hydrogens (tertiary/aromatic N) is 1. The van der Waals surface area contributed by atoms with E-state index in [1.54, 1.807) is 31.4 Å². The van der Waals surface area contributed by atoms with E-state index in [0.29, 0.717) is 23.8 Å². The molecule has 0 bridgehead atoms. The number of piperidine rings is 1. The maximum Gasteiger partial charge on any atom is 0.407 e. The molecule has 1 aromatic rings. The molecule has 0 unspecified atom stereocenters. The van der Waals surface area contributed by atoms with Gasteiger partial charge in [-0.3, -0.25) is 9.69 Å². The van der Waals surface area contributed by atoms with Crippen LogP contribution in [0.3, 0.4) is 0 Å². The molecule has 1 saturated heterocycles. The van der Waals surface area contributed by atoms with Gasteiger partial charge in [-0.05, 0) is 51.8 Å².